The summed E-state index contributed by atoms with van der Waals surface area (Å²) in [7, 11) is 1.63. The fraction of sp³-hybridized carbons (Fsp3) is 0.316. The van der Waals surface area contributed by atoms with Crippen molar-refractivity contribution in [2.45, 2.75) is 12.8 Å². The Kier molecular flexibility index (Phi) is 5.28. The Balaban J connectivity index is 1.51. The van der Waals surface area contributed by atoms with Crippen molar-refractivity contribution in [3.05, 3.63) is 54.4 Å². The second-order valence-electron chi connectivity index (χ2n) is 6.01. The summed E-state index contributed by atoms with van der Waals surface area (Å²) < 4.78 is 5.19. The standard InChI is InChI=1S/C19H21N3O3/c1-25-17-6-2-4-14(10-17)7-9-21-19(24)15-11-18(23)22(13-15)16-5-3-8-20-12-16/h2-6,8,10,12,15H,7,9,11,13H2,1H3,(H,21,24). The number of hydrogen-bond donors (Lipinski definition) is 1. The van der Waals surface area contributed by atoms with E-state index in [0.29, 0.717) is 13.1 Å². The average Bonchev–Trinajstić information content (AvgIpc) is 3.04. The van der Waals surface area contributed by atoms with Crippen LogP contribution in [0, 0.1) is 5.92 Å². The van der Waals surface area contributed by atoms with E-state index in [1.807, 2.05) is 30.3 Å². The minimum absolute atomic E-state index is 0.0408. The quantitative estimate of drug-likeness (QED) is 0.871. The van der Waals surface area contributed by atoms with Gasteiger partial charge in [-0.2, -0.15) is 0 Å². The predicted molar refractivity (Wildman–Crippen MR) is 94.4 cm³/mol. The number of carbonyl (C=O) groups excluding carboxylic acids is 2. The molecule has 2 aromatic rings. The first-order valence-electron chi connectivity index (χ1n) is 8.28. The van der Waals surface area contributed by atoms with Gasteiger partial charge in [0.1, 0.15) is 5.75 Å². The second kappa shape index (κ2) is 7.79. The molecule has 3 rings (SSSR count). The Morgan fingerprint density at radius 3 is 3.00 bits per heavy atom. The zero-order chi connectivity index (χ0) is 17.6. The van der Waals surface area contributed by atoms with E-state index in [1.165, 1.54) is 0 Å². The molecule has 1 unspecified atom stereocenters. The number of pyridine rings is 1. The van der Waals surface area contributed by atoms with Gasteiger partial charge in [-0.15, -0.1) is 0 Å². The summed E-state index contributed by atoms with van der Waals surface area (Å²) in [6.07, 6.45) is 4.25. The number of hydrogen-bond acceptors (Lipinski definition) is 4. The number of anilines is 1. The van der Waals surface area contributed by atoms with E-state index in [4.69, 9.17) is 4.74 Å². The van der Waals surface area contributed by atoms with E-state index in [2.05, 4.69) is 10.3 Å². The van der Waals surface area contributed by atoms with Crippen molar-refractivity contribution in [3.8, 4) is 5.75 Å². The second-order valence-corrected chi connectivity index (χ2v) is 6.01. The number of aromatic nitrogens is 1. The first-order chi connectivity index (χ1) is 12.2. The van der Waals surface area contributed by atoms with Crippen molar-refractivity contribution < 1.29 is 14.3 Å². The summed E-state index contributed by atoms with van der Waals surface area (Å²) in [5.74, 6) is 0.360. The van der Waals surface area contributed by atoms with Crippen LogP contribution in [0.25, 0.3) is 0 Å². The van der Waals surface area contributed by atoms with Gasteiger partial charge in [-0.05, 0) is 36.2 Å². The molecule has 130 valence electrons. The van der Waals surface area contributed by atoms with Gasteiger partial charge in [-0.1, -0.05) is 12.1 Å². The number of ether oxygens (including phenoxy) is 1. The highest BCUT2D eigenvalue weighted by Gasteiger charge is 2.34. The molecule has 1 aliphatic heterocycles. The maximum absolute atomic E-state index is 12.4. The third-order valence-electron chi connectivity index (χ3n) is 4.30. The number of nitrogens with one attached hydrogen (secondary N) is 1. The van der Waals surface area contributed by atoms with Crippen LogP contribution >= 0.6 is 0 Å². The van der Waals surface area contributed by atoms with Gasteiger partial charge in [0.2, 0.25) is 11.8 Å². The van der Waals surface area contributed by atoms with Crippen LogP contribution in [0.3, 0.4) is 0 Å². The van der Waals surface area contributed by atoms with Crippen LogP contribution in [-0.4, -0.2) is 37.0 Å². The molecule has 0 bridgehead atoms. The van der Waals surface area contributed by atoms with Gasteiger partial charge >= 0.3 is 0 Å². The Labute approximate surface area is 146 Å². The van der Waals surface area contributed by atoms with Crippen LogP contribution in [0.15, 0.2) is 48.8 Å². The molecule has 1 saturated heterocycles. The summed E-state index contributed by atoms with van der Waals surface area (Å²) in [5, 5.41) is 2.93. The van der Waals surface area contributed by atoms with Crippen molar-refractivity contribution in [1.82, 2.24) is 10.3 Å². The molecule has 0 spiro atoms. The molecule has 0 radical (unpaired) electrons. The highest BCUT2D eigenvalue weighted by molar-refractivity contribution is 6.00. The molecular formula is C19H21N3O3. The maximum atomic E-state index is 12.4. The molecule has 6 nitrogen and oxygen atoms in total. The fourth-order valence-corrected chi connectivity index (χ4v) is 2.95. The number of methoxy groups -OCH3 is 1. The first-order valence-corrected chi connectivity index (χ1v) is 8.28. The zero-order valence-corrected chi connectivity index (χ0v) is 14.1. The van der Waals surface area contributed by atoms with Gasteiger partial charge in [0.25, 0.3) is 0 Å². The molecule has 1 fully saturated rings. The lowest BCUT2D eigenvalue weighted by Crippen LogP contribution is -2.34. The Bertz CT molecular complexity index is 749. The van der Waals surface area contributed by atoms with Crippen LogP contribution in [-0.2, 0) is 16.0 Å². The maximum Gasteiger partial charge on any atom is 0.227 e. The van der Waals surface area contributed by atoms with E-state index in [-0.39, 0.29) is 24.2 Å². The number of benzene rings is 1. The number of carbonyl (C=O) groups is 2. The first kappa shape index (κ1) is 17.0. The van der Waals surface area contributed by atoms with E-state index in [0.717, 1.165) is 23.4 Å². The van der Waals surface area contributed by atoms with Gasteiger partial charge in [-0.3, -0.25) is 14.6 Å². The normalized spacial score (nSPS) is 16.8. The summed E-state index contributed by atoms with van der Waals surface area (Å²) in [6.45, 7) is 0.930. The summed E-state index contributed by atoms with van der Waals surface area (Å²) in [4.78, 5) is 30.2. The van der Waals surface area contributed by atoms with Crippen molar-refractivity contribution in [1.29, 1.82) is 0 Å². The molecule has 0 saturated carbocycles. The smallest absolute Gasteiger partial charge is 0.227 e. The van der Waals surface area contributed by atoms with Crippen LogP contribution in [0.1, 0.15) is 12.0 Å². The lowest BCUT2D eigenvalue weighted by atomic mass is 10.1. The molecule has 2 heterocycles. The molecule has 2 amide bonds. The Hall–Kier alpha value is -2.89. The largest absolute Gasteiger partial charge is 0.497 e. The number of amides is 2. The van der Waals surface area contributed by atoms with Crippen molar-refractivity contribution in [2.75, 3.05) is 25.1 Å². The van der Waals surface area contributed by atoms with Crippen LogP contribution in [0.4, 0.5) is 5.69 Å². The predicted octanol–water partition coefficient (Wildman–Crippen LogP) is 1.80. The fourth-order valence-electron chi connectivity index (χ4n) is 2.95. The summed E-state index contributed by atoms with van der Waals surface area (Å²) in [6, 6.07) is 11.4. The molecule has 1 atom stereocenters. The minimum atomic E-state index is -0.321. The lowest BCUT2D eigenvalue weighted by Gasteiger charge is -2.16. The Morgan fingerprint density at radius 1 is 1.36 bits per heavy atom. The van der Waals surface area contributed by atoms with Crippen LogP contribution in [0.2, 0.25) is 0 Å². The highest BCUT2D eigenvalue weighted by atomic mass is 16.5. The van der Waals surface area contributed by atoms with Gasteiger partial charge in [-0.25, -0.2) is 0 Å². The Morgan fingerprint density at radius 2 is 2.24 bits per heavy atom. The van der Waals surface area contributed by atoms with Crippen molar-refractivity contribution in [2.24, 2.45) is 5.92 Å². The molecule has 1 aromatic carbocycles. The van der Waals surface area contributed by atoms with Crippen LogP contribution < -0.4 is 15.0 Å². The van der Waals surface area contributed by atoms with Crippen molar-refractivity contribution >= 4 is 17.5 Å². The SMILES string of the molecule is COc1cccc(CCNC(=O)C2CC(=O)N(c3cccnc3)C2)c1. The monoisotopic (exact) mass is 339 g/mol. The molecular weight excluding hydrogens is 318 g/mol. The number of rotatable bonds is 6. The molecule has 0 aliphatic carbocycles. The summed E-state index contributed by atoms with van der Waals surface area (Å²) in [5.41, 5.74) is 1.83. The van der Waals surface area contributed by atoms with E-state index in [1.54, 1.807) is 30.5 Å². The molecule has 1 aromatic heterocycles. The van der Waals surface area contributed by atoms with Gasteiger partial charge in [0, 0.05) is 25.7 Å². The summed E-state index contributed by atoms with van der Waals surface area (Å²) >= 11 is 0. The molecule has 1 N–H and O–H groups in total. The topological polar surface area (TPSA) is 71.5 Å². The third-order valence-corrected chi connectivity index (χ3v) is 4.30. The van der Waals surface area contributed by atoms with Gasteiger partial charge in [0.05, 0.1) is 24.9 Å². The minimum Gasteiger partial charge on any atom is -0.497 e. The van der Waals surface area contributed by atoms with E-state index < -0.39 is 0 Å². The average molecular weight is 339 g/mol. The van der Waals surface area contributed by atoms with Crippen LogP contribution in [0.5, 0.6) is 5.75 Å². The molecule has 6 heteroatoms. The van der Waals surface area contributed by atoms with Crippen molar-refractivity contribution in [3.63, 3.8) is 0 Å². The van der Waals surface area contributed by atoms with E-state index >= 15 is 0 Å². The van der Waals surface area contributed by atoms with Gasteiger partial charge in [0.15, 0.2) is 0 Å². The highest BCUT2D eigenvalue weighted by Crippen LogP contribution is 2.24. The third kappa shape index (κ3) is 4.15. The van der Waals surface area contributed by atoms with Gasteiger partial charge < -0.3 is 15.0 Å². The van der Waals surface area contributed by atoms with E-state index in [9.17, 15) is 9.59 Å². The lowest BCUT2D eigenvalue weighted by molar-refractivity contribution is -0.126. The molecule has 25 heavy (non-hydrogen) atoms. The zero-order valence-electron chi connectivity index (χ0n) is 14.1. The number of nitrogens with zero attached hydrogens (tertiary/aromatic N) is 2. The molecule has 1 aliphatic rings.